The zero-order valence-electron chi connectivity index (χ0n) is 15.4. The number of benzene rings is 3. The molecule has 5 nitrogen and oxygen atoms in total. The lowest BCUT2D eigenvalue weighted by molar-refractivity contribution is 0.474. The summed E-state index contributed by atoms with van der Waals surface area (Å²) in [5.74, 6) is 0.557. The molecule has 0 bridgehead atoms. The number of hydrogen-bond acceptors (Lipinski definition) is 4. The van der Waals surface area contributed by atoms with E-state index >= 15 is 0 Å². The van der Waals surface area contributed by atoms with Crippen molar-refractivity contribution in [1.29, 1.82) is 0 Å². The molecule has 29 heavy (non-hydrogen) atoms. The number of rotatable bonds is 5. The third kappa shape index (κ3) is 4.67. The van der Waals surface area contributed by atoms with Crippen molar-refractivity contribution >= 4 is 34.3 Å². The molecule has 1 N–H and O–H groups in total. The summed E-state index contributed by atoms with van der Waals surface area (Å²) >= 11 is 3.41. The van der Waals surface area contributed by atoms with Crippen molar-refractivity contribution in [3.8, 4) is 17.0 Å². The summed E-state index contributed by atoms with van der Waals surface area (Å²) in [5.41, 5.74) is 3.30. The summed E-state index contributed by atoms with van der Waals surface area (Å²) in [6, 6.07) is 24.9. The minimum atomic E-state index is 0.145. The molecular formula is C23H17BrN4O. The summed E-state index contributed by atoms with van der Waals surface area (Å²) in [5, 5.41) is 14.6. The Hall–Kier alpha value is -3.51. The Labute approximate surface area is 176 Å². The molecule has 0 fully saturated rings. The Morgan fingerprint density at radius 2 is 1.62 bits per heavy atom. The highest BCUT2D eigenvalue weighted by Crippen LogP contribution is 2.24. The van der Waals surface area contributed by atoms with E-state index in [2.05, 4.69) is 31.0 Å². The molecule has 0 saturated carbocycles. The molecule has 4 rings (SSSR count). The zero-order valence-corrected chi connectivity index (χ0v) is 16.9. The van der Waals surface area contributed by atoms with Gasteiger partial charge >= 0.3 is 0 Å². The minimum absolute atomic E-state index is 0.145. The first-order chi connectivity index (χ1) is 14.2. The first-order valence-electron chi connectivity index (χ1n) is 8.96. The molecule has 0 atom stereocenters. The van der Waals surface area contributed by atoms with Crippen LogP contribution in [0.25, 0.3) is 11.3 Å². The third-order valence-electron chi connectivity index (χ3n) is 4.18. The number of aromatic hydroxyl groups is 1. The molecule has 6 heteroatoms. The lowest BCUT2D eigenvalue weighted by Gasteiger charge is -1.99. The van der Waals surface area contributed by atoms with Gasteiger partial charge in [-0.05, 0) is 23.8 Å². The molecule has 0 aliphatic rings. The Balaban J connectivity index is 1.72. The molecule has 142 valence electrons. The quantitative estimate of drug-likeness (QED) is 0.404. The predicted octanol–water partition coefficient (Wildman–Crippen LogP) is 5.65. The molecule has 0 amide bonds. The van der Waals surface area contributed by atoms with Crippen molar-refractivity contribution in [2.75, 3.05) is 0 Å². The zero-order chi connectivity index (χ0) is 20.1. The number of imidazole rings is 1. The van der Waals surface area contributed by atoms with Crippen LogP contribution in [0.1, 0.15) is 11.1 Å². The molecule has 0 aliphatic carbocycles. The van der Waals surface area contributed by atoms with Crippen molar-refractivity contribution in [1.82, 2.24) is 9.66 Å². The Bertz CT molecular complexity index is 1170. The van der Waals surface area contributed by atoms with Crippen LogP contribution in [0.3, 0.4) is 0 Å². The van der Waals surface area contributed by atoms with Gasteiger partial charge in [0, 0.05) is 21.8 Å². The highest BCUT2D eigenvalue weighted by Gasteiger charge is 2.08. The number of hydrogen-bond donors (Lipinski definition) is 1. The fraction of sp³-hybridized carbons (Fsp3) is 0. The number of phenolic OH excluding ortho intramolecular Hbond substituents is 1. The van der Waals surface area contributed by atoms with E-state index in [1.807, 2.05) is 66.9 Å². The monoisotopic (exact) mass is 444 g/mol. The molecular weight excluding hydrogens is 428 g/mol. The maximum Gasteiger partial charge on any atom is 0.251 e. The summed E-state index contributed by atoms with van der Waals surface area (Å²) < 4.78 is 2.48. The summed E-state index contributed by atoms with van der Waals surface area (Å²) in [6.45, 7) is 0. The Kier molecular flexibility index (Phi) is 5.63. The SMILES string of the molecule is Oc1ccc(Br)cc1/C=N/c1nc(-c2ccccc2)cn1/N=C\c1ccccc1. The van der Waals surface area contributed by atoms with Gasteiger partial charge < -0.3 is 5.11 Å². The smallest absolute Gasteiger partial charge is 0.251 e. The van der Waals surface area contributed by atoms with E-state index in [0.717, 1.165) is 21.3 Å². The van der Waals surface area contributed by atoms with Gasteiger partial charge in [-0.2, -0.15) is 5.10 Å². The second-order valence-corrected chi connectivity index (χ2v) is 7.17. The molecule has 0 aliphatic heterocycles. The van der Waals surface area contributed by atoms with Crippen molar-refractivity contribution < 1.29 is 5.11 Å². The van der Waals surface area contributed by atoms with Gasteiger partial charge in [0.25, 0.3) is 5.95 Å². The van der Waals surface area contributed by atoms with E-state index in [0.29, 0.717) is 11.5 Å². The fourth-order valence-electron chi connectivity index (χ4n) is 2.71. The maximum absolute atomic E-state index is 10.0. The summed E-state index contributed by atoms with van der Waals surface area (Å²) in [7, 11) is 0. The third-order valence-corrected chi connectivity index (χ3v) is 4.67. The normalized spacial score (nSPS) is 11.5. The predicted molar refractivity (Wildman–Crippen MR) is 120 cm³/mol. The van der Waals surface area contributed by atoms with E-state index in [4.69, 9.17) is 0 Å². The molecule has 3 aromatic carbocycles. The molecule has 0 spiro atoms. The molecule has 1 aromatic heterocycles. The average Bonchev–Trinajstić information content (AvgIpc) is 3.17. The van der Waals surface area contributed by atoms with Crippen LogP contribution >= 0.6 is 15.9 Å². The van der Waals surface area contributed by atoms with E-state index in [9.17, 15) is 5.11 Å². The standard InChI is InChI=1S/C23H17BrN4O/c24-20-11-12-22(29)19(13-20)15-25-23-27-21(18-9-5-2-6-10-18)16-28(23)26-14-17-7-3-1-4-8-17/h1-16,29H/b25-15+,26-14-. The van der Waals surface area contributed by atoms with Crippen LogP contribution in [0, 0.1) is 0 Å². The van der Waals surface area contributed by atoms with Crippen LogP contribution in [0.2, 0.25) is 0 Å². The second kappa shape index (κ2) is 8.67. The topological polar surface area (TPSA) is 62.8 Å². The van der Waals surface area contributed by atoms with E-state index in [-0.39, 0.29) is 5.75 Å². The van der Waals surface area contributed by atoms with Crippen LogP contribution < -0.4 is 0 Å². The number of aliphatic imine (C=N–C) groups is 1. The lowest BCUT2D eigenvalue weighted by Crippen LogP contribution is -1.90. The van der Waals surface area contributed by atoms with Crippen molar-refractivity contribution in [2.24, 2.45) is 10.1 Å². The fourth-order valence-corrected chi connectivity index (χ4v) is 3.09. The van der Waals surface area contributed by atoms with Crippen molar-refractivity contribution in [3.05, 3.63) is 101 Å². The molecule has 0 saturated heterocycles. The van der Waals surface area contributed by atoms with Crippen LogP contribution in [0.4, 0.5) is 5.95 Å². The highest BCUT2D eigenvalue weighted by molar-refractivity contribution is 9.10. The Morgan fingerprint density at radius 1 is 0.897 bits per heavy atom. The molecule has 0 radical (unpaired) electrons. The van der Waals surface area contributed by atoms with Crippen LogP contribution in [-0.4, -0.2) is 27.2 Å². The first-order valence-corrected chi connectivity index (χ1v) is 9.75. The van der Waals surface area contributed by atoms with Crippen molar-refractivity contribution in [3.63, 3.8) is 0 Å². The molecule has 1 heterocycles. The highest BCUT2D eigenvalue weighted by atomic mass is 79.9. The van der Waals surface area contributed by atoms with Gasteiger partial charge in [-0.25, -0.2) is 14.7 Å². The van der Waals surface area contributed by atoms with Gasteiger partial charge in [0.2, 0.25) is 0 Å². The van der Waals surface area contributed by atoms with Crippen LogP contribution in [0.5, 0.6) is 5.75 Å². The molecule has 0 unspecified atom stereocenters. The van der Waals surface area contributed by atoms with Crippen molar-refractivity contribution in [2.45, 2.75) is 0 Å². The minimum Gasteiger partial charge on any atom is -0.507 e. The number of aromatic nitrogens is 2. The number of phenols is 1. The summed E-state index contributed by atoms with van der Waals surface area (Å²) in [4.78, 5) is 9.09. The van der Waals surface area contributed by atoms with Gasteiger partial charge in [-0.15, -0.1) is 0 Å². The van der Waals surface area contributed by atoms with Gasteiger partial charge in [0.15, 0.2) is 0 Å². The Morgan fingerprint density at radius 3 is 2.38 bits per heavy atom. The number of nitrogens with zero attached hydrogens (tertiary/aromatic N) is 4. The largest absolute Gasteiger partial charge is 0.507 e. The van der Waals surface area contributed by atoms with Gasteiger partial charge in [-0.1, -0.05) is 76.6 Å². The maximum atomic E-state index is 10.0. The lowest BCUT2D eigenvalue weighted by atomic mass is 10.2. The average molecular weight is 445 g/mol. The second-order valence-electron chi connectivity index (χ2n) is 6.25. The molecule has 4 aromatic rings. The van der Waals surface area contributed by atoms with Gasteiger partial charge in [0.1, 0.15) is 5.75 Å². The van der Waals surface area contributed by atoms with E-state index in [1.165, 1.54) is 0 Å². The van der Waals surface area contributed by atoms with E-state index < -0.39 is 0 Å². The first kappa shape index (κ1) is 18.8. The van der Waals surface area contributed by atoms with Crippen LogP contribution in [0.15, 0.2) is 99.6 Å². The van der Waals surface area contributed by atoms with Gasteiger partial charge in [0.05, 0.1) is 18.1 Å². The number of halogens is 1. The van der Waals surface area contributed by atoms with E-state index in [1.54, 1.807) is 35.3 Å². The van der Waals surface area contributed by atoms with Crippen LogP contribution in [-0.2, 0) is 0 Å². The van der Waals surface area contributed by atoms with Gasteiger partial charge in [-0.3, -0.25) is 0 Å². The summed E-state index contributed by atoms with van der Waals surface area (Å²) in [6.07, 6.45) is 5.17.